The Labute approximate surface area is 89.2 Å². The lowest BCUT2D eigenvalue weighted by atomic mass is 10.1. The van der Waals surface area contributed by atoms with Crippen molar-refractivity contribution in [3.05, 3.63) is 41.6 Å². The third-order valence-electron chi connectivity index (χ3n) is 1.97. The Hall–Kier alpha value is -1.33. The normalized spacial score (nSPS) is 12.1. The molecule has 0 spiro atoms. The third kappa shape index (κ3) is 3.07. The van der Waals surface area contributed by atoms with Gasteiger partial charge in [0, 0.05) is 0 Å². The molecular weight excluding hydrogens is 214 g/mol. The monoisotopic (exact) mass is 227 g/mol. The fraction of sp³-hybridized carbons (Fsp3) is 0.200. The minimum absolute atomic E-state index is 0.0637. The Bertz CT molecular complexity index is 477. The topological polar surface area (TPSA) is 80.4 Å². The molecule has 0 heterocycles. The second kappa shape index (κ2) is 4.46. The molecule has 0 saturated heterocycles. The summed E-state index contributed by atoms with van der Waals surface area (Å²) in [6.07, 6.45) is 3.35. The molecule has 1 aromatic carbocycles. The fourth-order valence-electron chi connectivity index (χ4n) is 1.31. The number of aryl methyl sites for hydroxylation is 1. The van der Waals surface area contributed by atoms with E-state index >= 15 is 0 Å². The maximum Gasteiger partial charge on any atom is 0.294 e. The standard InChI is InChI=1S/C10H13NO3S/c1-8-4-5-10(15(12,13)14)9(7-8)3-2-6-11/h2,4-7H,3,11H2,1H3,(H,12,13,14). The Balaban J connectivity index is 3.27. The minimum Gasteiger partial charge on any atom is -0.405 e. The first kappa shape index (κ1) is 11.7. The summed E-state index contributed by atoms with van der Waals surface area (Å²) in [6, 6.07) is 4.74. The lowest BCUT2D eigenvalue weighted by Crippen LogP contribution is -2.03. The van der Waals surface area contributed by atoms with Gasteiger partial charge in [0.2, 0.25) is 0 Å². The summed E-state index contributed by atoms with van der Waals surface area (Å²) in [7, 11) is -4.16. The third-order valence-corrected chi connectivity index (χ3v) is 2.92. The van der Waals surface area contributed by atoms with Gasteiger partial charge in [-0.3, -0.25) is 4.55 Å². The number of nitrogens with two attached hydrogens (primary N) is 1. The largest absolute Gasteiger partial charge is 0.405 e. The van der Waals surface area contributed by atoms with Crippen LogP contribution in [0.4, 0.5) is 0 Å². The molecule has 0 unspecified atom stereocenters. The second-order valence-electron chi connectivity index (χ2n) is 3.22. The van der Waals surface area contributed by atoms with Crippen molar-refractivity contribution >= 4 is 10.1 Å². The number of benzene rings is 1. The highest BCUT2D eigenvalue weighted by atomic mass is 32.2. The molecule has 0 aromatic heterocycles. The lowest BCUT2D eigenvalue weighted by molar-refractivity contribution is 0.482. The quantitative estimate of drug-likeness (QED) is 0.762. The van der Waals surface area contributed by atoms with Crippen molar-refractivity contribution in [2.24, 2.45) is 5.73 Å². The molecular formula is C10H13NO3S. The predicted molar refractivity (Wildman–Crippen MR) is 58.0 cm³/mol. The molecule has 0 radical (unpaired) electrons. The van der Waals surface area contributed by atoms with Gasteiger partial charge in [-0.25, -0.2) is 0 Å². The van der Waals surface area contributed by atoms with Crippen LogP contribution in [0.25, 0.3) is 0 Å². The average Bonchev–Trinajstić information content (AvgIpc) is 2.12. The van der Waals surface area contributed by atoms with E-state index in [-0.39, 0.29) is 4.90 Å². The fourth-order valence-corrected chi connectivity index (χ4v) is 2.03. The van der Waals surface area contributed by atoms with Crippen LogP contribution in [0.3, 0.4) is 0 Å². The first-order chi connectivity index (χ1) is 6.95. The summed E-state index contributed by atoms with van der Waals surface area (Å²) in [5, 5.41) is 0. The lowest BCUT2D eigenvalue weighted by Gasteiger charge is -2.05. The molecule has 5 heteroatoms. The first-order valence-corrected chi connectivity index (χ1v) is 5.83. The van der Waals surface area contributed by atoms with Gasteiger partial charge in [0.25, 0.3) is 10.1 Å². The molecule has 0 fully saturated rings. The SMILES string of the molecule is Cc1ccc(S(=O)(=O)O)c(CC=CN)c1. The van der Waals surface area contributed by atoms with E-state index in [4.69, 9.17) is 10.3 Å². The number of hydrogen-bond acceptors (Lipinski definition) is 3. The van der Waals surface area contributed by atoms with E-state index in [1.807, 2.05) is 6.92 Å². The van der Waals surface area contributed by atoms with Crippen LogP contribution in [-0.2, 0) is 16.5 Å². The van der Waals surface area contributed by atoms with Crippen LogP contribution >= 0.6 is 0 Å². The molecule has 0 amide bonds. The van der Waals surface area contributed by atoms with Crippen LogP contribution < -0.4 is 5.73 Å². The van der Waals surface area contributed by atoms with Gasteiger partial charge in [0.15, 0.2) is 0 Å². The molecule has 0 bridgehead atoms. The number of allylic oxidation sites excluding steroid dienone is 1. The zero-order valence-corrected chi connectivity index (χ0v) is 9.16. The van der Waals surface area contributed by atoms with Gasteiger partial charge in [0.05, 0.1) is 4.90 Å². The number of rotatable bonds is 3. The van der Waals surface area contributed by atoms with Gasteiger partial charge >= 0.3 is 0 Å². The van der Waals surface area contributed by atoms with Gasteiger partial charge in [0.1, 0.15) is 0 Å². The van der Waals surface area contributed by atoms with Gasteiger partial charge in [-0.15, -0.1) is 0 Å². The smallest absolute Gasteiger partial charge is 0.294 e. The van der Waals surface area contributed by atoms with Gasteiger partial charge in [-0.1, -0.05) is 23.8 Å². The van der Waals surface area contributed by atoms with Crippen LogP contribution in [-0.4, -0.2) is 13.0 Å². The Morgan fingerprint density at radius 2 is 2.13 bits per heavy atom. The maximum atomic E-state index is 11.0. The second-order valence-corrected chi connectivity index (χ2v) is 4.61. The highest BCUT2D eigenvalue weighted by molar-refractivity contribution is 7.85. The van der Waals surface area contributed by atoms with E-state index in [9.17, 15) is 8.42 Å². The molecule has 0 aliphatic rings. The van der Waals surface area contributed by atoms with E-state index in [0.29, 0.717) is 12.0 Å². The highest BCUT2D eigenvalue weighted by Crippen LogP contribution is 2.17. The van der Waals surface area contributed by atoms with Crippen molar-refractivity contribution in [1.29, 1.82) is 0 Å². The van der Waals surface area contributed by atoms with Crippen molar-refractivity contribution in [1.82, 2.24) is 0 Å². The molecule has 0 aliphatic carbocycles. The molecule has 0 saturated carbocycles. The van der Waals surface area contributed by atoms with E-state index in [2.05, 4.69) is 0 Å². The van der Waals surface area contributed by atoms with E-state index in [1.54, 1.807) is 18.2 Å². The van der Waals surface area contributed by atoms with Gasteiger partial charge < -0.3 is 5.73 Å². The van der Waals surface area contributed by atoms with Crippen LogP contribution in [0, 0.1) is 6.92 Å². The Kier molecular flexibility index (Phi) is 3.49. The van der Waals surface area contributed by atoms with Crippen LogP contribution in [0.15, 0.2) is 35.4 Å². The summed E-state index contributed by atoms with van der Waals surface area (Å²) < 4.78 is 31.0. The summed E-state index contributed by atoms with van der Waals surface area (Å²) in [5.74, 6) is 0. The zero-order valence-electron chi connectivity index (χ0n) is 8.34. The number of hydrogen-bond donors (Lipinski definition) is 2. The van der Waals surface area contributed by atoms with Crippen molar-refractivity contribution in [3.63, 3.8) is 0 Å². The van der Waals surface area contributed by atoms with Crippen molar-refractivity contribution in [2.75, 3.05) is 0 Å². The van der Waals surface area contributed by atoms with E-state index in [0.717, 1.165) is 5.56 Å². The predicted octanol–water partition coefficient (Wildman–Crippen LogP) is 1.26. The zero-order chi connectivity index (χ0) is 11.5. The van der Waals surface area contributed by atoms with Gasteiger partial charge in [-0.2, -0.15) is 8.42 Å². The summed E-state index contributed by atoms with van der Waals surface area (Å²) in [6.45, 7) is 1.85. The summed E-state index contributed by atoms with van der Waals surface area (Å²) in [5.41, 5.74) is 6.66. The van der Waals surface area contributed by atoms with E-state index in [1.165, 1.54) is 12.3 Å². The molecule has 1 aromatic rings. The van der Waals surface area contributed by atoms with E-state index < -0.39 is 10.1 Å². The molecule has 0 aliphatic heterocycles. The van der Waals surface area contributed by atoms with Crippen molar-refractivity contribution in [3.8, 4) is 0 Å². The van der Waals surface area contributed by atoms with Crippen LogP contribution in [0.5, 0.6) is 0 Å². The van der Waals surface area contributed by atoms with Gasteiger partial charge in [-0.05, 0) is 31.2 Å². The maximum absolute atomic E-state index is 11.0. The van der Waals surface area contributed by atoms with Crippen molar-refractivity contribution < 1.29 is 13.0 Å². The highest BCUT2D eigenvalue weighted by Gasteiger charge is 2.14. The summed E-state index contributed by atoms with van der Waals surface area (Å²) in [4.78, 5) is -0.0637. The molecule has 15 heavy (non-hydrogen) atoms. The molecule has 4 nitrogen and oxygen atoms in total. The molecule has 0 atom stereocenters. The average molecular weight is 227 g/mol. The Morgan fingerprint density at radius 3 is 2.67 bits per heavy atom. The molecule has 3 N–H and O–H groups in total. The first-order valence-electron chi connectivity index (χ1n) is 4.39. The minimum atomic E-state index is -4.16. The van der Waals surface area contributed by atoms with Crippen molar-refractivity contribution in [2.45, 2.75) is 18.2 Å². The molecule has 1 rings (SSSR count). The summed E-state index contributed by atoms with van der Waals surface area (Å²) >= 11 is 0. The van der Waals surface area contributed by atoms with Crippen LogP contribution in [0.2, 0.25) is 0 Å². The Morgan fingerprint density at radius 1 is 1.47 bits per heavy atom. The molecule has 82 valence electrons. The van der Waals surface area contributed by atoms with Crippen LogP contribution in [0.1, 0.15) is 11.1 Å².